The molecule has 18 heavy (non-hydrogen) atoms. The summed E-state index contributed by atoms with van der Waals surface area (Å²) in [6, 6.07) is 1.75. The summed E-state index contributed by atoms with van der Waals surface area (Å²) < 4.78 is 2.04. The predicted octanol–water partition coefficient (Wildman–Crippen LogP) is 1.48. The Morgan fingerprint density at radius 2 is 2.33 bits per heavy atom. The number of imidazole rings is 1. The summed E-state index contributed by atoms with van der Waals surface area (Å²) in [7, 11) is 0. The highest BCUT2D eigenvalue weighted by atomic mass is 32.2. The molecule has 0 fully saturated rings. The molecule has 0 radical (unpaired) electrons. The SMILES string of the molecule is CSc1nc(N)cc(NCCCn2ccnc2)n1. The third kappa shape index (κ3) is 3.63. The van der Waals surface area contributed by atoms with Crippen molar-refractivity contribution in [3.8, 4) is 0 Å². The first-order valence-electron chi connectivity index (χ1n) is 5.66. The lowest BCUT2D eigenvalue weighted by Crippen LogP contribution is -2.08. The number of nitrogens with two attached hydrogens (primary N) is 1. The number of nitrogen functional groups attached to an aromatic ring is 1. The number of hydrogen-bond acceptors (Lipinski definition) is 6. The lowest BCUT2D eigenvalue weighted by atomic mass is 10.4. The Kier molecular flexibility index (Phi) is 4.40. The van der Waals surface area contributed by atoms with Gasteiger partial charge in [0.05, 0.1) is 6.33 Å². The van der Waals surface area contributed by atoms with Crippen LogP contribution in [0.3, 0.4) is 0 Å². The smallest absolute Gasteiger partial charge is 0.191 e. The van der Waals surface area contributed by atoms with E-state index in [-0.39, 0.29) is 0 Å². The molecule has 0 aliphatic rings. The zero-order valence-corrected chi connectivity index (χ0v) is 11.0. The first-order valence-corrected chi connectivity index (χ1v) is 6.88. The zero-order valence-electron chi connectivity index (χ0n) is 10.2. The fourth-order valence-corrected chi connectivity index (χ4v) is 1.91. The molecular weight excluding hydrogens is 248 g/mol. The van der Waals surface area contributed by atoms with Crippen LogP contribution in [0.4, 0.5) is 11.6 Å². The Labute approximate surface area is 110 Å². The van der Waals surface area contributed by atoms with Crippen LogP contribution in [0.25, 0.3) is 0 Å². The lowest BCUT2D eigenvalue weighted by Gasteiger charge is -2.07. The van der Waals surface area contributed by atoms with Crippen molar-refractivity contribution in [3.05, 3.63) is 24.8 Å². The van der Waals surface area contributed by atoms with E-state index in [4.69, 9.17) is 5.73 Å². The zero-order chi connectivity index (χ0) is 12.8. The maximum atomic E-state index is 5.70. The van der Waals surface area contributed by atoms with Crippen molar-refractivity contribution in [2.24, 2.45) is 0 Å². The monoisotopic (exact) mass is 264 g/mol. The topological polar surface area (TPSA) is 81.6 Å². The summed E-state index contributed by atoms with van der Waals surface area (Å²) in [5.41, 5.74) is 5.70. The van der Waals surface area contributed by atoms with E-state index in [1.54, 1.807) is 12.3 Å². The van der Waals surface area contributed by atoms with Gasteiger partial charge >= 0.3 is 0 Å². The Morgan fingerprint density at radius 1 is 1.44 bits per heavy atom. The number of hydrogen-bond donors (Lipinski definition) is 2. The fraction of sp³-hybridized carbons (Fsp3) is 0.364. The van der Waals surface area contributed by atoms with Crippen LogP contribution in [0.5, 0.6) is 0 Å². The van der Waals surface area contributed by atoms with Crippen LogP contribution in [0, 0.1) is 0 Å². The number of thioether (sulfide) groups is 1. The van der Waals surface area contributed by atoms with E-state index in [0.717, 1.165) is 25.3 Å². The molecule has 0 bridgehead atoms. The molecule has 2 heterocycles. The van der Waals surface area contributed by atoms with E-state index >= 15 is 0 Å². The normalized spacial score (nSPS) is 10.5. The van der Waals surface area contributed by atoms with Crippen LogP contribution in [0.15, 0.2) is 29.9 Å². The molecule has 0 saturated heterocycles. The van der Waals surface area contributed by atoms with Crippen molar-refractivity contribution in [3.63, 3.8) is 0 Å². The molecule has 0 unspecified atom stereocenters. The number of anilines is 2. The molecule has 3 N–H and O–H groups in total. The summed E-state index contributed by atoms with van der Waals surface area (Å²) in [5.74, 6) is 1.27. The van der Waals surface area contributed by atoms with Crippen molar-refractivity contribution in [1.29, 1.82) is 0 Å². The maximum Gasteiger partial charge on any atom is 0.191 e. The van der Waals surface area contributed by atoms with Crippen LogP contribution in [-0.4, -0.2) is 32.3 Å². The third-order valence-electron chi connectivity index (χ3n) is 2.37. The fourth-order valence-electron chi connectivity index (χ4n) is 1.52. The number of rotatable bonds is 6. The van der Waals surface area contributed by atoms with Gasteiger partial charge in [-0.25, -0.2) is 15.0 Å². The molecule has 0 amide bonds. The Bertz CT molecular complexity index is 484. The molecule has 2 rings (SSSR count). The molecule has 0 atom stereocenters. The molecule has 96 valence electrons. The minimum Gasteiger partial charge on any atom is -0.383 e. The molecule has 0 aliphatic heterocycles. The van der Waals surface area contributed by atoms with Gasteiger partial charge < -0.3 is 15.6 Å². The van der Waals surface area contributed by atoms with Gasteiger partial charge in [0.1, 0.15) is 11.6 Å². The Morgan fingerprint density at radius 3 is 3.06 bits per heavy atom. The van der Waals surface area contributed by atoms with Gasteiger partial charge in [0.2, 0.25) is 0 Å². The average Bonchev–Trinajstić information content (AvgIpc) is 2.87. The minimum atomic E-state index is 0.492. The quantitative estimate of drug-likeness (QED) is 0.467. The van der Waals surface area contributed by atoms with Crippen LogP contribution in [0.1, 0.15) is 6.42 Å². The van der Waals surface area contributed by atoms with E-state index in [1.165, 1.54) is 11.8 Å². The van der Waals surface area contributed by atoms with E-state index < -0.39 is 0 Å². The molecule has 2 aromatic rings. The van der Waals surface area contributed by atoms with Gasteiger partial charge in [-0.05, 0) is 12.7 Å². The molecule has 6 nitrogen and oxygen atoms in total. The van der Waals surface area contributed by atoms with Crippen LogP contribution in [0.2, 0.25) is 0 Å². The second-order valence-electron chi connectivity index (χ2n) is 3.75. The standard InChI is InChI=1S/C11H16N6S/c1-18-11-15-9(12)7-10(16-11)14-3-2-5-17-6-4-13-8-17/h4,6-8H,2-3,5H2,1H3,(H3,12,14,15,16). The lowest BCUT2D eigenvalue weighted by molar-refractivity contribution is 0.659. The summed E-state index contributed by atoms with van der Waals surface area (Å²) in [5, 5.41) is 3.93. The highest BCUT2D eigenvalue weighted by Crippen LogP contribution is 2.14. The summed E-state index contributed by atoms with van der Waals surface area (Å²) in [4.78, 5) is 12.4. The van der Waals surface area contributed by atoms with Crippen molar-refractivity contribution >= 4 is 23.4 Å². The molecular formula is C11H16N6S. The summed E-state index contributed by atoms with van der Waals surface area (Å²) in [6.07, 6.45) is 8.47. The highest BCUT2D eigenvalue weighted by molar-refractivity contribution is 7.98. The minimum absolute atomic E-state index is 0.492. The van der Waals surface area contributed by atoms with Crippen molar-refractivity contribution in [1.82, 2.24) is 19.5 Å². The van der Waals surface area contributed by atoms with E-state index in [9.17, 15) is 0 Å². The predicted molar refractivity (Wildman–Crippen MR) is 73.6 cm³/mol. The average molecular weight is 264 g/mol. The largest absolute Gasteiger partial charge is 0.383 e. The molecule has 0 aromatic carbocycles. The molecule has 0 spiro atoms. The van der Waals surface area contributed by atoms with Crippen molar-refractivity contribution < 1.29 is 0 Å². The molecule has 0 aliphatic carbocycles. The number of nitrogens with zero attached hydrogens (tertiary/aromatic N) is 4. The van der Waals surface area contributed by atoms with Crippen molar-refractivity contribution in [2.45, 2.75) is 18.1 Å². The third-order valence-corrected chi connectivity index (χ3v) is 2.91. The van der Waals surface area contributed by atoms with Gasteiger partial charge in [-0.2, -0.15) is 0 Å². The van der Waals surface area contributed by atoms with E-state index in [2.05, 4.69) is 20.3 Å². The second kappa shape index (κ2) is 6.25. The van der Waals surface area contributed by atoms with Crippen LogP contribution in [-0.2, 0) is 6.54 Å². The first-order chi connectivity index (χ1) is 8.78. The van der Waals surface area contributed by atoms with Gasteiger partial charge in [0.15, 0.2) is 5.16 Å². The summed E-state index contributed by atoms with van der Waals surface area (Å²) >= 11 is 1.48. The van der Waals surface area contributed by atoms with E-state index in [0.29, 0.717) is 11.0 Å². The van der Waals surface area contributed by atoms with Gasteiger partial charge in [-0.3, -0.25) is 0 Å². The van der Waals surface area contributed by atoms with Gasteiger partial charge in [0, 0.05) is 31.5 Å². The number of aromatic nitrogens is 4. The first kappa shape index (κ1) is 12.7. The Hall–Kier alpha value is -1.76. The summed E-state index contributed by atoms with van der Waals surface area (Å²) in [6.45, 7) is 1.77. The van der Waals surface area contributed by atoms with Crippen LogP contribution < -0.4 is 11.1 Å². The number of nitrogens with one attached hydrogen (secondary N) is 1. The second-order valence-corrected chi connectivity index (χ2v) is 4.52. The molecule has 7 heteroatoms. The van der Waals surface area contributed by atoms with E-state index in [1.807, 2.05) is 23.3 Å². The van der Waals surface area contributed by atoms with Gasteiger partial charge in [-0.1, -0.05) is 11.8 Å². The van der Waals surface area contributed by atoms with Crippen LogP contribution >= 0.6 is 11.8 Å². The van der Waals surface area contributed by atoms with Crippen molar-refractivity contribution in [2.75, 3.05) is 23.9 Å². The molecule has 0 saturated carbocycles. The van der Waals surface area contributed by atoms with Gasteiger partial charge in [-0.15, -0.1) is 0 Å². The van der Waals surface area contributed by atoms with Gasteiger partial charge in [0.25, 0.3) is 0 Å². The highest BCUT2D eigenvalue weighted by Gasteiger charge is 2.01. The molecule has 2 aromatic heterocycles. The Balaban J connectivity index is 1.81. The maximum absolute atomic E-state index is 5.70. The number of aryl methyl sites for hydroxylation is 1.